The van der Waals surface area contributed by atoms with E-state index in [1.807, 2.05) is 18.4 Å². The summed E-state index contributed by atoms with van der Waals surface area (Å²) in [5.41, 5.74) is 0. The molecule has 0 aromatic carbocycles. The second kappa shape index (κ2) is 4.30. The predicted octanol–water partition coefficient (Wildman–Crippen LogP) is 3.48. The highest BCUT2D eigenvalue weighted by Gasteiger charge is 2.21. The van der Waals surface area contributed by atoms with E-state index in [1.54, 1.807) is 0 Å². The van der Waals surface area contributed by atoms with Gasteiger partial charge in [0.05, 0.1) is 0 Å². The maximum atomic E-state index is 4.34. The van der Waals surface area contributed by atoms with Crippen LogP contribution in [0, 0.1) is 5.92 Å². The molecule has 1 aromatic heterocycles. The number of nitrogens with zero attached hydrogens (tertiary/aromatic N) is 1. The molecule has 0 aliphatic heterocycles. The fourth-order valence-corrected chi connectivity index (χ4v) is 3.07. The zero-order valence-corrected chi connectivity index (χ0v) is 9.73. The van der Waals surface area contributed by atoms with E-state index in [-0.39, 0.29) is 0 Å². The van der Waals surface area contributed by atoms with Crippen molar-refractivity contribution in [3.63, 3.8) is 0 Å². The van der Waals surface area contributed by atoms with Crippen molar-refractivity contribution in [2.45, 2.75) is 38.5 Å². The van der Waals surface area contributed by atoms with Crippen LogP contribution in [0.2, 0.25) is 0 Å². The van der Waals surface area contributed by atoms with E-state index < -0.39 is 0 Å². The van der Waals surface area contributed by atoms with Crippen LogP contribution in [0.15, 0.2) is 6.20 Å². The number of rotatable bonds is 2. The molecule has 1 aliphatic carbocycles. The summed E-state index contributed by atoms with van der Waals surface area (Å²) < 4.78 is 0. The molecule has 0 spiro atoms. The van der Waals surface area contributed by atoms with Gasteiger partial charge in [-0.3, -0.25) is 0 Å². The minimum absolute atomic E-state index is 0.783. The molecule has 0 unspecified atom stereocenters. The maximum Gasteiger partial charge on any atom is 0.182 e. The molecule has 0 atom stereocenters. The van der Waals surface area contributed by atoms with Crippen molar-refractivity contribution in [2.24, 2.45) is 5.92 Å². The molecule has 0 bridgehead atoms. The second-order valence-corrected chi connectivity index (χ2v) is 5.34. The van der Waals surface area contributed by atoms with E-state index in [4.69, 9.17) is 0 Å². The first-order valence-corrected chi connectivity index (χ1v) is 6.24. The lowest BCUT2D eigenvalue weighted by Crippen LogP contribution is -2.09. The topological polar surface area (TPSA) is 24.9 Å². The summed E-state index contributed by atoms with van der Waals surface area (Å²) in [6.07, 6.45) is 7.53. The number of hydrogen-bond acceptors (Lipinski definition) is 3. The molecule has 1 aromatic rings. The lowest BCUT2D eigenvalue weighted by molar-refractivity contribution is 0.350. The zero-order chi connectivity index (χ0) is 9.97. The van der Waals surface area contributed by atoms with Crippen molar-refractivity contribution in [3.8, 4) is 0 Å². The molecular formula is C11H18N2S. The first-order chi connectivity index (χ1) is 6.79. The minimum Gasteiger partial charge on any atom is -0.365 e. The Morgan fingerprint density at radius 1 is 1.36 bits per heavy atom. The summed E-state index contributed by atoms with van der Waals surface area (Å²) in [6.45, 7) is 2.36. The molecule has 0 saturated heterocycles. The second-order valence-electron chi connectivity index (χ2n) is 4.27. The van der Waals surface area contributed by atoms with Gasteiger partial charge in [0.25, 0.3) is 0 Å². The Hall–Kier alpha value is -0.570. The van der Waals surface area contributed by atoms with Crippen molar-refractivity contribution < 1.29 is 0 Å². The SMILES string of the molecule is CNc1ncc(C2CCC(C)CC2)s1. The molecule has 1 N–H and O–H groups in total. The number of aromatic nitrogens is 1. The Balaban J connectivity index is 2.01. The maximum absolute atomic E-state index is 4.34. The summed E-state index contributed by atoms with van der Waals surface area (Å²) in [5, 5.41) is 4.16. The normalized spacial score (nSPS) is 27.6. The van der Waals surface area contributed by atoms with Gasteiger partial charge in [0.2, 0.25) is 0 Å². The standard InChI is InChI=1S/C11H18N2S/c1-8-3-5-9(6-4-8)10-7-13-11(12-2)14-10/h7-9H,3-6H2,1-2H3,(H,12,13). The first-order valence-electron chi connectivity index (χ1n) is 5.43. The van der Waals surface area contributed by atoms with E-state index in [9.17, 15) is 0 Å². The number of thiazole rings is 1. The van der Waals surface area contributed by atoms with Crippen molar-refractivity contribution in [1.29, 1.82) is 0 Å². The molecule has 78 valence electrons. The summed E-state index contributed by atoms with van der Waals surface area (Å²) >= 11 is 1.82. The Labute approximate surface area is 89.8 Å². The summed E-state index contributed by atoms with van der Waals surface area (Å²) in [6, 6.07) is 0. The van der Waals surface area contributed by atoms with Gasteiger partial charge < -0.3 is 5.32 Å². The van der Waals surface area contributed by atoms with Gasteiger partial charge in [-0.2, -0.15) is 0 Å². The first kappa shape index (κ1) is 9.97. The van der Waals surface area contributed by atoms with Crippen LogP contribution in [0.1, 0.15) is 43.4 Å². The molecule has 1 saturated carbocycles. The third-order valence-corrected chi connectivity index (χ3v) is 4.33. The van der Waals surface area contributed by atoms with Crippen molar-refractivity contribution in [3.05, 3.63) is 11.1 Å². The van der Waals surface area contributed by atoms with Crippen LogP contribution in [0.4, 0.5) is 5.13 Å². The van der Waals surface area contributed by atoms with Crippen LogP contribution >= 0.6 is 11.3 Å². The van der Waals surface area contributed by atoms with Gasteiger partial charge in [0, 0.05) is 18.1 Å². The Morgan fingerprint density at radius 2 is 2.07 bits per heavy atom. The summed E-state index contributed by atoms with van der Waals surface area (Å²) in [7, 11) is 1.94. The lowest BCUT2D eigenvalue weighted by atomic mass is 9.82. The van der Waals surface area contributed by atoms with E-state index in [1.165, 1.54) is 30.6 Å². The number of nitrogens with one attached hydrogen (secondary N) is 1. The van der Waals surface area contributed by atoms with Crippen molar-refractivity contribution in [2.75, 3.05) is 12.4 Å². The molecule has 1 fully saturated rings. The molecule has 1 aliphatic rings. The highest BCUT2D eigenvalue weighted by atomic mass is 32.1. The molecule has 14 heavy (non-hydrogen) atoms. The molecular weight excluding hydrogens is 192 g/mol. The molecule has 0 amide bonds. The van der Waals surface area contributed by atoms with Crippen LogP contribution < -0.4 is 5.32 Å². The Kier molecular flexibility index (Phi) is 3.06. The molecule has 2 nitrogen and oxygen atoms in total. The minimum atomic E-state index is 0.783. The highest BCUT2D eigenvalue weighted by Crippen LogP contribution is 2.38. The Morgan fingerprint density at radius 3 is 2.64 bits per heavy atom. The lowest BCUT2D eigenvalue weighted by Gasteiger charge is -2.24. The van der Waals surface area contributed by atoms with Gasteiger partial charge in [-0.15, -0.1) is 11.3 Å². The predicted molar refractivity (Wildman–Crippen MR) is 62.0 cm³/mol. The molecule has 2 rings (SSSR count). The summed E-state index contributed by atoms with van der Waals surface area (Å²) in [4.78, 5) is 5.81. The Bertz CT molecular complexity index is 287. The van der Waals surface area contributed by atoms with E-state index >= 15 is 0 Å². The largest absolute Gasteiger partial charge is 0.365 e. The van der Waals surface area contributed by atoms with Crippen LogP contribution in [-0.4, -0.2) is 12.0 Å². The third-order valence-electron chi connectivity index (χ3n) is 3.16. The van der Waals surface area contributed by atoms with Gasteiger partial charge >= 0.3 is 0 Å². The molecule has 3 heteroatoms. The fourth-order valence-electron chi connectivity index (χ4n) is 2.14. The van der Waals surface area contributed by atoms with Gasteiger partial charge in [-0.1, -0.05) is 19.8 Å². The van der Waals surface area contributed by atoms with E-state index in [0.717, 1.165) is 17.0 Å². The van der Waals surface area contributed by atoms with Crippen LogP contribution in [0.25, 0.3) is 0 Å². The van der Waals surface area contributed by atoms with Gasteiger partial charge in [-0.05, 0) is 24.7 Å². The van der Waals surface area contributed by atoms with Crippen molar-refractivity contribution >= 4 is 16.5 Å². The number of anilines is 1. The summed E-state index contributed by atoms with van der Waals surface area (Å²) in [5.74, 6) is 1.72. The molecule has 0 radical (unpaired) electrons. The van der Waals surface area contributed by atoms with Gasteiger partial charge in [0.1, 0.15) is 0 Å². The monoisotopic (exact) mass is 210 g/mol. The van der Waals surface area contributed by atoms with Crippen LogP contribution in [0.5, 0.6) is 0 Å². The van der Waals surface area contributed by atoms with Crippen LogP contribution in [-0.2, 0) is 0 Å². The van der Waals surface area contributed by atoms with E-state index in [0.29, 0.717) is 0 Å². The highest BCUT2D eigenvalue weighted by molar-refractivity contribution is 7.15. The van der Waals surface area contributed by atoms with Crippen LogP contribution in [0.3, 0.4) is 0 Å². The smallest absolute Gasteiger partial charge is 0.182 e. The van der Waals surface area contributed by atoms with E-state index in [2.05, 4.69) is 23.4 Å². The average molecular weight is 210 g/mol. The molecule has 1 heterocycles. The third kappa shape index (κ3) is 2.08. The fraction of sp³-hybridized carbons (Fsp3) is 0.727. The average Bonchev–Trinajstić information content (AvgIpc) is 2.67. The quantitative estimate of drug-likeness (QED) is 0.808. The zero-order valence-electron chi connectivity index (χ0n) is 8.92. The van der Waals surface area contributed by atoms with Gasteiger partial charge in [-0.25, -0.2) is 4.98 Å². The van der Waals surface area contributed by atoms with Crippen molar-refractivity contribution in [1.82, 2.24) is 4.98 Å². The number of hydrogen-bond donors (Lipinski definition) is 1. The van der Waals surface area contributed by atoms with Gasteiger partial charge in [0.15, 0.2) is 5.13 Å².